The van der Waals surface area contributed by atoms with Gasteiger partial charge in [-0.05, 0) is 163 Å². The minimum atomic E-state index is 0.502. The molecule has 0 amide bonds. The van der Waals surface area contributed by atoms with Crippen LogP contribution in [0.3, 0.4) is 0 Å². The van der Waals surface area contributed by atoms with Crippen molar-refractivity contribution in [2.24, 2.45) is 0 Å². The minimum Gasteiger partial charge on any atom is -0.496 e. The van der Waals surface area contributed by atoms with Crippen LogP contribution in [0.2, 0.25) is 0 Å². The van der Waals surface area contributed by atoms with Gasteiger partial charge in [0.25, 0.3) is 0 Å². The number of halogens is 8. The number of hydrogen-bond acceptors (Lipinski definition) is 10. The van der Waals surface area contributed by atoms with Gasteiger partial charge in [-0.25, -0.2) is 0 Å². The highest BCUT2D eigenvalue weighted by molar-refractivity contribution is 9.10. The van der Waals surface area contributed by atoms with E-state index in [9.17, 15) is 0 Å². The van der Waals surface area contributed by atoms with Crippen LogP contribution in [0.15, 0.2) is 60.7 Å². The highest BCUT2D eigenvalue weighted by atomic mass is 79.9. The van der Waals surface area contributed by atoms with Crippen molar-refractivity contribution in [1.82, 2.24) is 0 Å². The van der Waals surface area contributed by atoms with Crippen LogP contribution in [0.25, 0.3) is 0 Å². The second-order valence-electron chi connectivity index (χ2n) is 21.6. The highest BCUT2D eigenvalue weighted by Crippen LogP contribution is 2.43. The van der Waals surface area contributed by atoms with Gasteiger partial charge in [-0.1, -0.05) is 127 Å². The first kappa shape index (κ1) is 74.0. The number of methoxy groups -OCH3 is 2. The lowest BCUT2D eigenvalue weighted by Crippen LogP contribution is -2.10. The average molecular weight is 1720 g/mol. The molecule has 0 aromatic heterocycles. The van der Waals surface area contributed by atoms with Gasteiger partial charge in [0.1, 0.15) is 57.5 Å². The van der Waals surface area contributed by atoms with Gasteiger partial charge in [-0.2, -0.15) is 0 Å². The Morgan fingerprint density at radius 1 is 0.207 bits per heavy atom. The molecule has 0 fully saturated rings. The maximum absolute atomic E-state index is 6.96. The number of benzene rings is 5. The zero-order chi connectivity index (χ0) is 61.9. The molecule has 0 atom stereocenters. The van der Waals surface area contributed by atoms with Crippen LogP contribution < -0.4 is 47.4 Å². The van der Waals surface area contributed by atoms with Crippen molar-refractivity contribution in [2.45, 2.75) is 135 Å². The van der Waals surface area contributed by atoms with Gasteiger partial charge in [-0.15, -0.1) is 0 Å². The molecular formula is C69H90Br8O10. The summed E-state index contributed by atoms with van der Waals surface area (Å²) in [5.41, 5.74) is 9.92. The molecule has 0 heterocycles. The Balaban J connectivity index is 1.71. The topological polar surface area (TPSA) is 92.3 Å². The number of ether oxygens (including phenoxy) is 10. The summed E-state index contributed by atoms with van der Waals surface area (Å²) in [4.78, 5) is 0. The molecule has 0 saturated heterocycles. The number of hydrogen-bond donors (Lipinski definition) is 0. The second-order valence-corrected chi connectivity index (χ2v) is 27.9. The predicted octanol–water partition coefficient (Wildman–Crippen LogP) is 20.4. The van der Waals surface area contributed by atoms with Crippen molar-refractivity contribution in [3.63, 3.8) is 0 Å². The molecule has 0 saturated carbocycles. The quantitative estimate of drug-likeness (QED) is 0.0273. The normalized spacial score (nSPS) is 12.1. The third-order valence-corrected chi connectivity index (χ3v) is 19.3. The third kappa shape index (κ3) is 25.1. The molecule has 87 heavy (non-hydrogen) atoms. The second kappa shape index (κ2) is 43.7. The molecular weight excluding hydrogens is 1630 g/mol. The summed E-state index contributed by atoms with van der Waals surface area (Å²) in [7, 11) is 3.49. The fourth-order valence-corrected chi connectivity index (χ4v) is 13.3. The van der Waals surface area contributed by atoms with E-state index in [0.717, 1.165) is 259 Å². The Kier molecular flexibility index (Phi) is 37.2. The molecule has 15 rings (SSSR count). The first-order valence-electron chi connectivity index (χ1n) is 31.1. The van der Waals surface area contributed by atoms with Crippen molar-refractivity contribution in [3.05, 3.63) is 116 Å². The molecule has 5 aromatic carbocycles. The standard InChI is InChI=1S/C69H90Br8O10/c1-78-60-40-51-36-53-43-65(83-30-14-6-22-73)55(45-63(53)81-28-12-4-20-71)38-57-47-69(87-34-18-10-26-77)59(49-67(57)85-32-16-8-24-75)39-58-48-66(84-31-15-7-23-74)56(46-68(58)86-33-17-9-25-76)37-54-44-62(80-27-11-3-19-70)52(35-50(60)41-61(51)79-2)42-64(54)82-29-13-5-21-72/h40-49H,3-39H2,1-2H3. The lowest BCUT2D eigenvalue weighted by atomic mass is 9.94. The van der Waals surface area contributed by atoms with E-state index in [4.69, 9.17) is 47.4 Å². The van der Waals surface area contributed by atoms with Gasteiger partial charge in [0.05, 0.1) is 67.1 Å². The fourth-order valence-electron chi connectivity index (χ4n) is 10.1. The van der Waals surface area contributed by atoms with Crippen LogP contribution in [0.5, 0.6) is 57.5 Å². The SMILES string of the molecule is COc1cc2c(OC)cc1Cc1cc(OCCCCBr)c(cc1OCCCCBr)Cc1cc(OCCCCBr)c(cc1OCCCCBr)Cc1cc(OCCCCBr)c(cc1OCCCCBr)Cc1cc(OCCCCBr)c(cc1OCCCCBr)C2. The van der Waals surface area contributed by atoms with Gasteiger partial charge in [0.2, 0.25) is 0 Å². The summed E-state index contributed by atoms with van der Waals surface area (Å²) in [6.07, 6.45) is 17.6. The number of unbranched alkanes of at least 4 members (excludes halogenated alkanes) is 8. The molecule has 10 bridgehead atoms. The van der Waals surface area contributed by atoms with Gasteiger partial charge in [0.15, 0.2) is 0 Å². The molecule has 10 aliphatic rings. The molecule has 482 valence electrons. The average Bonchev–Trinajstić information content (AvgIpc) is 3.00. The summed E-state index contributed by atoms with van der Waals surface area (Å²) in [5.74, 6) is 7.94. The maximum Gasteiger partial charge on any atom is 0.123 e. The Morgan fingerprint density at radius 2 is 0.333 bits per heavy atom. The zero-order valence-electron chi connectivity index (χ0n) is 51.0. The molecule has 10 aliphatic carbocycles. The molecule has 5 aromatic rings. The van der Waals surface area contributed by atoms with E-state index in [1.165, 1.54) is 0 Å². The van der Waals surface area contributed by atoms with Gasteiger partial charge >= 0.3 is 0 Å². The van der Waals surface area contributed by atoms with Crippen LogP contribution in [0.4, 0.5) is 0 Å². The van der Waals surface area contributed by atoms with Crippen LogP contribution >= 0.6 is 127 Å². The van der Waals surface area contributed by atoms with Gasteiger partial charge in [0, 0.05) is 130 Å². The van der Waals surface area contributed by atoms with Crippen LogP contribution in [0, 0.1) is 0 Å². The minimum absolute atomic E-state index is 0.502. The maximum atomic E-state index is 6.96. The van der Waals surface area contributed by atoms with Gasteiger partial charge < -0.3 is 47.4 Å². The van der Waals surface area contributed by atoms with Crippen LogP contribution in [-0.4, -0.2) is 110 Å². The fraction of sp³-hybridized carbons (Fsp3) is 0.565. The Morgan fingerprint density at radius 3 is 0.460 bits per heavy atom. The van der Waals surface area contributed by atoms with E-state index >= 15 is 0 Å². The highest BCUT2D eigenvalue weighted by Gasteiger charge is 2.25. The van der Waals surface area contributed by atoms with Crippen LogP contribution in [-0.2, 0) is 32.1 Å². The summed E-state index contributed by atoms with van der Waals surface area (Å²) in [6, 6.07) is 21.9. The summed E-state index contributed by atoms with van der Waals surface area (Å²) < 4.78 is 68.1. The van der Waals surface area contributed by atoms with Crippen LogP contribution in [0.1, 0.15) is 158 Å². The molecule has 0 unspecified atom stereocenters. The van der Waals surface area contributed by atoms with E-state index in [0.29, 0.717) is 85.0 Å². The largest absolute Gasteiger partial charge is 0.496 e. The van der Waals surface area contributed by atoms with Crippen molar-refractivity contribution in [1.29, 1.82) is 0 Å². The monoisotopic (exact) mass is 1710 g/mol. The van der Waals surface area contributed by atoms with Crippen molar-refractivity contribution >= 4 is 127 Å². The molecule has 18 heteroatoms. The first-order chi connectivity index (χ1) is 42.7. The van der Waals surface area contributed by atoms with Crippen molar-refractivity contribution in [2.75, 3.05) is 110 Å². The van der Waals surface area contributed by atoms with E-state index in [2.05, 4.69) is 188 Å². The smallest absolute Gasteiger partial charge is 0.123 e. The summed E-state index contributed by atoms with van der Waals surface area (Å²) in [6.45, 7) is 4.45. The van der Waals surface area contributed by atoms with Crippen molar-refractivity contribution in [3.8, 4) is 57.5 Å². The van der Waals surface area contributed by atoms with E-state index in [1.807, 2.05) is 0 Å². The molecule has 0 spiro atoms. The Hall–Kier alpha value is -2.06. The molecule has 0 aliphatic heterocycles. The van der Waals surface area contributed by atoms with E-state index < -0.39 is 0 Å². The van der Waals surface area contributed by atoms with Crippen molar-refractivity contribution < 1.29 is 47.4 Å². The lowest BCUT2D eigenvalue weighted by molar-refractivity contribution is 0.292. The molecule has 0 N–H and O–H groups in total. The summed E-state index contributed by atoms with van der Waals surface area (Å²) >= 11 is 29.3. The lowest BCUT2D eigenvalue weighted by Gasteiger charge is -2.22. The first-order valence-corrected chi connectivity index (χ1v) is 40.1. The Bertz CT molecular complexity index is 2600. The predicted molar refractivity (Wildman–Crippen MR) is 388 cm³/mol. The number of alkyl halides is 8. The summed E-state index contributed by atoms with van der Waals surface area (Å²) in [5, 5.41) is 7.20. The zero-order valence-corrected chi connectivity index (χ0v) is 63.7. The molecule has 0 radical (unpaired) electrons. The number of rotatable bonds is 42. The Labute approximate surface area is 587 Å². The van der Waals surface area contributed by atoms with E-state index in [1.54, 1.807) is 14.2 Å². The molecule has 10 nitrogen and oxygen atoms in total. The van der Waals surface area contributed by atoms with Gasteiger partial charge in [-0.3, -0.25) is 0 Å². The van der Waals surface area contributed by atoms with E-state index in [-0.39, 0.29) is 0 Å². The third-order valence-electron chi connectivity index (χ3n) is 14.8.